The summed E-state index contributed by atoms with van der Waals surface area (Å²) in [5.41, 5.74) is 4.06. The van der Waals surface area contributed by atoms with Crippen molar-refractivity contribution in [2.75, 3.05) is 0 Å². The van der Waals surface area contributed by atoms with Crippen LogP contribution in [0.4, 0.5) is 0 Å². The van der Waals surface area contributed by atoms with Gasteiger partial charge in [0, 0.05) is 10.0 Å². The summed E-state index contributed by atoms with van der Waals surface area (Å²) < 4.78 is 6.71. The van der Waals surface area contributed by atoms with Crippen molar-refractivity contribution in [2.45, 2.75) is 6.42 Å². The number of rotatable bonds is 5. The van der Waals surface area contributed by atoms with Gasteiger partial charge in [-0.15, -0.1) is 0 Å². The Morgan fingerprint density at radius 3 is 2.52 bits per heavy atom. The number of fused-ring (bicyclic) bond motifs is 1. The van der Waals surface area contributed by atoms with Gasteiger partial charge in [-0.1, -0.05) is 81.1 Å². The summed E-state index contributed by atoms with van der Waals surface area (Å²) in [6, 6.07) is 18.4. The van der Waals surface area contributed by atoms with Crippen molar-refractivity contribution in [3.8, 4) is 11.3 Å². The van der Waals surface area contributed by atoms with Crippen molar-refractivity contribution < 1.29 is 9.21 Å². The zero-order valence-electron chi connectivity index (χ0n) is 15.8. The van der Waals surface area contributed by atoms with Crippen LogP contribution in [-0.2, 0) is 11.2 Å². The number of benzene rings is 3. The molecule has 8 heteroatoms. The Bertz CT molecular complexity index is 1320. The highest BCUT2D eigenvalue weighted by atomic mass is 79.9. The fourth-order valence-corrected chi connectivity index (χ4v) is 4.26. The van der Waals surface area contributed by atoms with E-state index in [9.17, 15) is 4.79 Å². The summed E-state index contributed by atoms with van der Waals surface area (Å²) in [7, 11) is 0. The smallest absolute Gasteiger partial charge is 0.244 e. The maximum atomic E-state index is 12.4. The van der Waals surface area contributed by atoms with Gasteiger partial charge >= 0.3 is 0 Å². The van der Waals surface area contributed by atoms with E-state index in [2.05, 4.69) is 26.5 Å². The number of nitrogens with one attached hydrogen (secondary N) is 1. The van der Waals surface area contributed by atoms with Gasteiger partial charge in [0.15, 0.2) is 0 Å². The fraction of sp³-hybridized carbons (Fsp3) is 0.0435. The molecule has 156 valence electrons. The summed E-state index contributed by atoms with van der Waals surface area (Å²) in [6.07, 6.45) is 1.62. The summed E-state index contributed by atoms with van der Waals surface area (Å²) >= 11 is 21.8. The van der Waals surface area contributed by atoms with Crippen LogP contribution < -0.4 is 5.43 Å². The van der Waals surface area contributed by atoms with E-state index in [1.54, 1.807) is 24.3 Å². The van der Waals surface area contributed by atoms with E-state index in [0.717, 1.165) is 20.8 Å². The Morgan fingerprint density at radius 1 is 0.968 bits per heavy atom. The standard InChI is InChI=1S/C23H14BrCl3N2O2/c24-18-7-5-13(15-3-1-2-4-16(15)18)9-23(30)29-28-12-14-6-8-22(31-14)17-10-20(26)21(27)11-19(17)25/h1-8,10-12H,9H2,(H,29,30)/b28-12-. The lowest BCUT2D eigenvalue weighted by atomic mass is 10.0. The predicted molar refractivity (Wildman–Crippen MR) is 130 cm³/mol. The average molecular weight is 537 g/mol. The lowest BCUT2D eigenvalue weighted by Crippen LogP contribution is -2.19. The molecule has 1 aromatic heterocycles. The van der Waals surface area contributed by atoms with Crippen LogP contribution in [0.15, 0.2) is 74.7 Å². The van der Waals surface area contributed by atoms with E-state index >= 15 is 0 Å². The molecule has 0 aliphatic heterocycles. The van der Waals surface area contributed by atoms with Crippen LogP contribution in [-0.4, -0.2) is 12.1 Å². The monoisotopic (exact) mass is 534 g/mol. The minimum atomic E-state index is -0.233. The molecule has 31 heavy (non-hydrogen) atoms. The molecular weight excluding hydrogens is 523 g/mol. The third kappa shape index (κ3) is 4.96. The Hall–Kier alpha value is -2.31. The quantitative estimate of drug-likeness (QED) is 0.163. The van der Waals surface area contributed by atoms with Crippen LogP contribution in [0.25, 0.3) is 22.1 Å². The maximum absolute atomic E-state index is 12.4. The Labute approximate surface area is 201 Å². The molecule has 0 saturated carbocycles. The second-order valence-electron chi connectivity index (χ2n) is 6.67. The van der Waals surface area contributed by atoms with Gasteiger partial charge in [0.25, 0.3) is 0 Å². The largest absolute Gasteiger partial charge is 0.455 e. The molecule has 3 aromatic carbocycles. The van der Waals surface area contributed by atoms with Crippen molar-refractivity contribution in [2.24, 2.45) is 5.10 Å². The van der Waals surface area contributed by atoms with Crippen molar-refractivity contribution in [3.63, 3.8) is 0 Å². The number of hydrogen-bond donors (Lipinski definition) is 1. The van der Waals surface area contributed by atoms with Gasteiger partial charge in [-0.3, -0.25) is 4.79 Å². The van der Waals surface area contributed by atoms with Gasteiger partial charge in [-0.2, -0.15) is 5.10 Å². The van der Waals surface area contributed by atoms with E-state index in [1.165, 1.54) is 6.21 Å². The first-order valence-electron chi connectivity index (χ1n) is 9.15. The van der Waals surface area contributed by atoms with E-state index in [-0.39, 0.29) is 12.3 Å². The fourth-order valence-electron chi connectivity index (χ4n) is 3.14. The van der Waals surface area contributed by atoms with Crippen LogP contribution in [0.3, 0.4) is 0 Å². The molecular formula is C23H14BrCl3N2O2. The average Bonchev–Trinajstić information content (AvgIpc) is 3.21. The van der Waals surface area contributed by atoms with Gasteiger partial charge in [-0.05, 0) is 46.7 Å². The van der Waals surface area contributed by atoms with Crippen molar-refractivity contribution in [1.29, 1.82) is 0 Å². The molecule has 0 unspecified atom stereocenters. The van der Waals surface area contributed by atoms with E-state index in [0.29, 0.717) is 32.2 Å². The molecule has 0 bridgehead atoms. The van der Waals surface area contributed by atoms with Crippen LogP contribution in [0.2, 0.25) is 15.1 Å². The van der Waals surface area contributed by atoms with Crippen LogP contribution in [0, 0.1) is 0 Å². The van der Waals surface area contributed by atoms with Gasteiger partial charge in [-0.25, -0.2) is 5.43 Å². The van der Waals surface area contributed by atoms with Crippen molar-refractivity contribution >= 4 is 73.6 Å². The second kappa shape index (κ2) is 9.45. The molecule has 1 N–H and O–H groups in total. The maximum Gasteiger partial charge on any atom is 0.244 e. The zero-order chi connectivity index (χ0) is 22.0. The lowest BCUT2D eigenvalue weighted by molar-refractivity contribution is -0.120. The molecule has 0 fully saturated rings. The number of carbonyl (C=O) groups excluding carboxylic acids is 1. The summed E-state index contributed by atoms with van der Waals surface area (Å²) in [4.78, 5) is 12.4. The SMILES string of the molecule is O=C(Cc1ccc(Br)c2ccccc12)N/N=C\c1ccc(-c2cc(Cl)c(Cl)cc2Cl)o1. The summed E-state index contributed by atoms with van der Waals surface area (Å²) in [6.45, 7) is 0. The molecule has 0 radical (unpaired) electrons. The normalized spacial score (nSPS) is 11.4. The van der Waals surface area contributed by atoms with Crippen LogP contribution in [0.1, 0.15) is 11.3 Å². The molecule has 4 rings (SSSR count). The van der Waals surface area contributed by atoms with Crippen LogP contribution >= 0.6 is 50.7 Å². The number of carbonyl (C=O) groups is 1. The van der Waals surface area contributed by atoms with E-state index in [4.69, 9.17) is 39.2 Å². The topological polar surface area (TPSA) is 54.6 Å². The Morgan fingerprint density at radius 2 is 1.71 bits per heavy atom. The number of amides is 1. The van der Waals surface area contributed by atoms with Crippen molar-refractivity contribution in [3.05, 3.63) is 91.5 Å². The molecule has 0 aliphatic carbocycles. The molecule has 1 amide bonds. The molecule has 4 nitrogen and oxygen atoms in total. The molecule has 1 heterocycles. The third-order valence-electron chi connectivity index (χ3n) is 4.60. The number of halogens is 4. The second-order valence-corrected chi connectivity index (χ2v) is 8.75. The van der Waals surface area contributed by atoms with E-state index in [1.807, 2.05) is 36.4 Å². The molecule has 0 saturated heterocycles. The molecule has 0 atom stereocenters. The summed E-state index contributed by atoms with van der Waals surface area (Å²) in [5, 5.41) is 7.22. The highest BCUT2D eigenvalue weighted by Gasteiger charge is 2.12. The van der Waals surface area contributed by atoms with Crippen LogP contribution in [0.5, 0.6) is 0 Å². The highest BCUT2D eigenvalue weighted by molar-refractivity contribution is 9.10. The Balaban J connectivity index is 1.44. The molecule has 4 aromatic rings. The number of hydrazone groups is 1. The number of hydrogen-bond acceptors (Lipinski definition) is 3. The first kappa shape index (κ1) is 21.9. The minimum Gasteiger partial charge on any atom is -0.455 e. The molecule has 0 spiro atoms. The Kier molecular flexibility index (Phi) is 6.68. The van der Waals surface area contributed by atoms with E-state index < -0.39 is 0 Å². The highest BCUT2D eigenvalue weighted by Crippen LogP contribution is 2.35. The first-order chi connectivity index (χ1) is 14.9. The zero-order valence-corrected chi connectivity index (χ0v) is 19.7. The number of furan rings is 1. The summed E-state index contributed by atoms with van der Waals surface area (Å²) in [5.74, 6) is 0.729. The third-order valence-corrected chi connectivity index (χ3v) is 6.32. The predicted octanol–water partition coefficient (Wildman–Crippen LogP) is 7.52. The van der Waals surface area contributed by atoms with Gasteiger partial charge in [0.1, 0.15) is 11.5 Å². The molecule has 0 aliphatic rings. The van der Waals surface area contributed by atoms with Crippen molar-refractivity contribution in [1.82, 2.24) is 5.43 Å². The lowest BCUT2D eigenvalue weighted by Gasteiger charge is -2.07. The number of nitrogens with zero attached hydrogens (tertiary/aromatic N) is 1. The van der Waals surface area contributed by atoms with Gasteiger partial charge in [0.05, 0.1) is 27.7 Å². The minimum absolute atomic E-state index is 0.202. The van der Waals surface area contributed by atoms with Gasteiger partial charge < -0.3 is 4.42 Å². The first-order valence-corrected chi connectivity index (χ1v) is 11.1. The van der Waals surface area contributed by atoms with Gasteiger partial charge in [0.2, 0.25) is 5.91 Å².